The smallest absolute Gasteiger partial charge is 0.328 e. The Bertz CT molecular complexity index is 760. The van der Waals surface area contributed by atoms with E-state index in [0.29, 0.717) is 23.8 Å². The molecule has 140 valence electrons. The van der Waals surface area contributed by atoms with Gasteiger partial charge in [0.05, 0.1) is 24.6 Å². The maximum absolute atomic E-state index is 11.2. The van der Waals surface area contributed by atoms with Gasteiger partial charge in [0.1, 0.15) is 5.75 Å². The SMILES string of the molecule is COc1ccc2nc(OC(C)=O)nc(OCCCN3CCCCC3)c2c1. The maximum Gasteiger partial charge on any atom is 0.328 e. The first-order valence-corrected chi connectivity index (χ1v) is 9.05. The van der Waals surface area contributed by atoms with Crippen molar-refractivity contribution in [3.8, 4) is 17.6 Å². The fourth-order valence-corrected chi connectivity index (χ4v) is 3.11. The molecule has 7 heteroatoms. The van der Waals surface area contributed by atoms with Gasteiger partial charge in [0.2, 0.25) is 5.88 Å². The van der Waals surface area contributed by atoms with Crippen LogP contribution in [0, 0.1) is 0 Å². The summed E-state index contributed by atoms with van der Waals surface area (Å²) >= 11 is 0. The molecule has 0 unspecified atom stereocenters. The van der Waals surface area contributed by atoms with Crippen molar-refractivity contribution in [2.24, 2.45) is 0 Å². The summed E-state index contributed by atoms with van der Waals surface area (Å²) in [4.78, 5) is 22.2. The number of piperidine rings is 1. The quantitative estimate of drug-likeness (QED) is 0.556. The third kappa shape index (κ3) is 4.82. The van der Waals surface area contributed by atoms with Crippen molar-refractivity contribution in [1.82, 2.24) is 14.9 Å². The Balaban J connectivity index is 1.71. The summed E-state index contributed by atoms with van der Waals surface area (Å²) in [6, 6.07) is 5.42. The van der Waals surface area contributed by atoms with Crippen LogP contribution in [-0.2, 0) is 4.79 Å². The second-order valence-electron chi connectivity index (χ2n) is 6.39. The second kappa shape index (κ2) is 8.80. The number of carbonyl (C=O) groups is 1. The first-order valence-electron chi connectivity index (χ1n) is 9.05. The molecule has 2 aromatic rings. The number of likely N-dealkylation sites (tertiary alicyclic amines) is 1. The topological polar surface area (TPSA) is 73.8 Å². The third-order valence-corrected chi connectivity index (χ3v) is 4.39. The second-order valence-corrected chi connectivity index (χ2v) is 6.39. The van der Waals surface area contributed by atoms with Gasteiger partial charge in [-0.05, 0) is 50.6 Å². The zero-order valence-electron chi connectivity index (χ0n) is 15.4. The largest absolute Gasteiger partial charge is 0.497 e. The normalized spacial score (nSPS) is 15.0. The lowest BCUT2D eigenvalue weighted by Crippen LogP contribution is -2.31. The molecule has 1 fully saturated rings. The Morgan fingerprint density at radius 2 is 2.00 bits per heavy atom. The highest BCUT2D eigenvalue weighted by Crippen LogP contribution is 2.28. The molecule has 1 aromatic heterocycles. The number of carbonyl (C=O) groups excluding carboxylic acids is 1. The van der Waals surface area contributed by atoms with Crippen LogP contribution in [0.4, 0.5) is 0 Å². The van der Waals surface area contributed by atoms with Crippen LogP contribution in [0.1, 0.15) is 32.6 Å². The summed E-state index contributed by atoms with van der Waals surface area (Å²) in [5.74, 6) is 0.636. The van der Waals surface area contributed by atoms with E-state index in [4.69, 9.17) is 14.2 Å². The van der Waals surface area contributed by atoms with Crippen LogP contribution < -0.4 is 14.2 Å². The summed E-state index contributed by atoms with van der Waals surface area (Å²) in [5.41, 5.74) is 0.642. The number of hydrogen-bond donors (Lipinski definition) is 0. The summed E-state index contributed by atoms with van der Waals surface area (Å²) in [6.07, 6.45) is 4.81. The summed E-state index contributed by atoms with van der Waals surface area (Å²) < 4.78 is 16.2. The predicted octanol–water partition coefficient (Wildman–Crippen LogP) is 2.82. The number of benzene rings is 1. The van der Waals surface area contributed by atoms with E-state index < -0.39 is 5.97 Å². The molecule has 0 radical (unpaired) electrons. The standard InChI is InChI=1S/C19H25N3O4/c1-14(23)26-19-20-17-8-7-15(24-2)13-16(17)18(21-19)25-12-6-11-22-9-4-3-5-10-22/h7-8,13H,3-6,9-12H2,1-2H3. The fraction of sp³-hybridized carbons (Fsp3) is 0.526. The molecule has 2 heterocycles. The Kier molecular flexibility index (Phi) is 6.22. The van der Waals surface area contributed by atoms with Crippen molar-refractivity contribution in [3.05, 3.63) is 18.2 Å². The molecule has 1 aliphatic heterocycles. The summed E-state index contributed by atoms with van der Waals surface area (Å²) in [6.45, 7) is 5.22. The molecule has 0 bridgehead atoms. The highest BCUT2D eigenvalue weighted by molar-refractivity contribution is 5.85. The lowest BCUT2D eigenvalue weighted by atomic mass is 10.1. The van der Waals surface area contributed by atoms with Gasteiger partial charge in [0, 0.05) is 13.5 Å². The maximum atomic E-state index is 11.2. The summed E-state index contributed by atoms with van der Waals surface area (Å²) in [5, 5.41) is 0.734. The highest BCUT2D eigenvalue weighted by Gasteiger charge is 2.13. The highest BCUT2D eigenvalue weighted by atomic mass is 16.6. The zero-order valence-corrected chi connectivity index (χ0v) is 15.4. The first kappa shape index (κ1) is 18.4. The molecular weight excluding hydrogens is 334 g/mol. The monoisotopic (exact) mass is 359 g/mol. The van der Waals surface area contributed by atoms with Gasteiger partial charge >= 0.3 is 12.0 Å². The molecule has 0 atom stereocenters. The molecule has 7 nitrogen and oxygen atoms in total. The Morgan fingerprint density at radius 3 is 2.73 bits per heavy atom. The van der Waals surface area contributed by atoms with Gasteiger partial charge < -0.3 is 19.1 Å². The molecule has 26 heavy (non-hydrogen) atoms. The van der Waals surface area contributed by atoms with E-state index in [1.54, 1.807) is 19.2 Å². The van der Waals surface area contributed by atoms with Gasteiger partial charge in [0.25, 0.3) is 0 Å². The Hall–Kier alpha value is -2.41. The van der Waals surface area contributed by atoms with Gasteiger partial charge in [-0.15, -0.1) is 0 Å². The van der Waals surface area contributed by atoms with Gasteiger partial charge in [-0.3, -0.25) is 4.79 Å². The molecule has 1 aliphatic rings. The zero-order chi connectivity index (χ0) is 18.4. The number of hydrogen-bond acceptors (Lipinski definition) is 7. The van der Waals surface area contributed by atoms with Gasteiger partial charge in [-0.25, -0.2) is 0 Å². The third-order valence-electron chi connectivity index (χ3n) is 4.39. The van der Waals surface area contributed by atoms with E-state index in [-0.39, 0.29) is 6.01 Å². The molecule has 0 spiro atoms. The number of rotatable bonds is 7. The number of ether oxygens (including phenoxy) is 3. The minimum atomic E-state index is -0.464. The average Bonchev–Trinajstić information content (AvgIpc) is 2.65. The molecule has 1 saturated heterocycles. The number of aromatic nitrogens is 2. The fourth-order valence-electron chi connectivity index (χ4n) is 3.11. The molecule has 0 saturated carbocycles. The van der Waals surface area contributed by atoms with Gasteiger partial charge in [-0.2, -0.15) is 9.97 Å². The van der Waals surface area contributed by atoms with Gasteiger partial charge in [0.15, 0.2) is 0 Å². The lowest BCUT2D eigenvalue weighted by molar-refractivity contribution is -0.132. The van der Waals surface area contributed by atoms with Crippen molar-refractivity contribution in [1.29, 1.82) is 0 Å². The number of esters is 1. The predicted molar refractivity (Wildman–Crippen MR) is 97.8 cm³/mol. The minimum Gasteiger partial charge on any atom is -0.497 e. The average molecular weight is 359 g/mol. The van der Waals surface area contributed by atoms with Crippen molar-refractivity contribution in [2.45, 2.75) is 32.6 Å². The van der Waals surface area contributed by atoms with Crippen LogP contribution in [-0.4, -0.2) is 54.2 Å². The summed E-state index contributed by atoms with van der Waals surface area (Å²) in [7, 11) is 1.61. The van der Waals surface area contributed by atoms with Gasteiger partial charge in [-0.1, -0.05) is 6.42 Å². The molecular formula is C19H25N3O4. The van der Waals surface area contributed by atoms with Crippen LogP contribution in [0.2, 0.25) is 0 Å². The number of nitrogens with zero attached hydrogens (tertiary/aromatic N) is 3. The number of fused-ring (bicyclic) bond motifs is 1. The van der Waals surface area contributed by atoms with Crippen LogP contribution in [0.25, 0.3) is 10.9 Å². The van der Waals surface area contributed by atoms with Crippen molar-refractivity contribution in [3.63, 3.8) is 0 Å². The molecule has 3 rings (SSSR count). The van der Waals surface area contributed by atoms with E-state index in [1.165, 1.54) is 39.3 Å². The first-order chi connectivity index (χ1) is 12.7. The minimum absolute atomic E-state index is 0.00111. The van der Waals surface area contributed by atoms with E-state index in [1.807, 2.05) is 6.07 Å². The molecule has 0 N–H and O–H groups in total. The van der Waals surface area contributed by atoms with Crippen LogP contribution in [0.15, 0.2) is 18.2 Å². The van der Waals surface area contributed by atoms with Crippen LogP contribution >= 0.6 is 0 Å². The van der Waals surface area contributed by atoms with E-state index >= 15 is 0 Å². The molecule has 0 amide bonds. The van der Waals surface area contributed by atoms with Crippen LogP contribution in [0.5, 0.6) is 17.6 Å². The molecule has 1 aromatic carbocycles. The lowest BCUT2D eigenvalue weighted by Gasteiger charge is -2.26. The Labute approximate surface area is 153 Å². The van der Waals surface area contributed by atoms with Crippen molar-refractivity contribution in [2.75, 3.05) is 33.4 Å². The van der Waals surface area contributed by atoms with E-state index in [2.05, 4.69) is 14.9 Å². The van der Waals surface area contributed by atoms with Crippen LogP contribution in [0.3, 0.4) is 0 Å². The van der Waals surface area contributed by atoms with Crippen molar-refractivity contribution >= 4 is 16.9 Å². The van der Waals surface area contributed by atoms with Crippen molar-refractivity contribution < 1.29 is 19.0 Å². The molecule has 0 aliphatic carbocycles. The van der Waals surface area contributed by atoms with E-state index in [0.717, 1.165) is 18.4 Å². The van der Waals surface area contributed by atoms with E-state index in [9.17, 15) is 4.79 Å². The number of methoxy groups -OCH3 is 1. The Morgan fingerprint density at radius 1 is 1.19 bits per heavy atom.